The third-order valence-corrected chi connectivity index (χ3v) is 2.66. The molecule has 0 aliphatic rings. The van der Waals surface area contributed by atoms with Crippen LogP contribution in [-0.2, 0) is 4.79 Å². The molecule has 1 rings (SSSR count). The van der Waals surface area contributed by atoms with E-state index in [1.807, 2.05) is 30.3 Å². The van der Waals surface area contributed by atoms with Gasteiger partial charge in [0.15, 0.2) is 0 Å². The summed E-state index contributed by atoms with van der Waals surface area (Å²) >= 11 is 1.28. The van der Waals surface area contributed by atoms with Crippen molar-refractivity contribution in [2.24, 2.45) is 0 Å². The summed E-state index contributed by atoms with van der Waals surface area (Å²) in [4.78, 5) is 11.6. The second-order valence-corrected chi connectivity index (χ2v) is 3.64. The number of aliphatic carboxylic acids is 1. The zero-order valence-electron chi connectivity index (χ0n) is 7.01. The molecule has 0 aromatic heterocycles. The molecule has 1 aromatic carbocycles. The number of carboxylic acids is 1. The number of carbonyl (C=O) groups is 1. The van der Waals surface area contributed by atoms with Gasteiger partial charge in [-0.15, -0.1) is 18.3 Å². The summed E-state index contributed by atoms with van der Waals surface area (Å²) in [5.74, 6) is -0.858. The van der Waals surface area contributed by atoms with Crippen molar-refractivity contribution in [1.29, 1.82) is 0 Å². The van der Waals surface area contributed by atoms with Crippen molar-refractivity contribution in [2.45, 2.75) is 10.1 Å². The van der Waals surface area contributed by atoms with Gasteiger partial charge in [-0.25, -0.2) is 0 Å². The SMILES string of the molecule is C=CC(Sc1ccccc1)C(=O)O. The van der Waals surface area contributed by atoms with E-state index in [-0.39, 0.29) is 0 Å². The van der Waals surface area contributed by atoms with Crippen molar-refractivity contribution < 1.29 is 9.90 Å². The molecule has 3 heteroatoms. The fraction of sp³-hybridized carbons (Fsp3) is 0.100. The molecule has 0 bridgehead atoms. The Morgan fingerprint density at radius 1 is 1.46 bits per heavy atom. The molecular formula is C10H10O2S. The van der Waals surface area contributed by atoms with E-state index in [1.165, 1.54) is 17.8 Å². The Morgan fingerprint density at radius 2 is 2.08 bits per heavy atom. The Balaban J connectivity index is 2.67. The molecule has 1 atom stereocenters. The third-order valence-electron chi connectivity index (χ3n) is 1.46. The molecule has 1 unspecified atom stereocenters. The largest absolute Gasteiger partial charge is 0.480 e. The first-order chi connectivity index (χ1) is 6.24. The second-order valence-electron chi connectivity index (χ2n) is 2.43. The molecule has 0 saturated carbocycles. The van der Waals surface area contributed by atoms with Gasteiger partial charge in [-0.3, -0.25) is 4.79 Å². The van der Waals surface area contributed by atoms with Crippen LogP contribution in [0.5, 0.6) is 0 Å². The van der Waals surface area contributed by atoms with E-state index in [9.17, 15) is 4.79 Å². The number of hydrogen-bond acceptors (Lipinski definition) is 2. The Labute approximate surface area is 81.3 Å². The lowest BCUT2D eigenvalue weighted by molar-refractivity contribution is -0.135. The average Bonchev–Trinajstić information content (AvgIpc) is 2.15. The van der Waals surface area contributed by atoms with Gasteiger partial charge < -0.3 is 5.11 Å². The number of benzene rings is 1. The molecule has 1 N–H and O–H groups in total. The van der Waals surface area contributed by atoms with E-state index < -0.39 is 11.2 Å². The monoisotopic (exact) mass is 194 g/mol. The lowest BCUT2D eigenvalue weighted by Crippen LogP contribution is -2.12. The number of thioether (sulfide) groups is 1. The highest BCUT2D eigenvalue weighted by Gasteiger charge is 2.13. The van der Waals surface area contributed by atoms with E-state index in [0.29, 0.717) is 0 Å². The van der Waals surface area contributed by atoms with Crippen LogP contribution in [0.2, 0.25) is 0 Å². The van der Waals surface area contributed by atoms with E-state index in [4.69, 9.17) is 5.11 Å². The highest BCUT2D eigenvalue weighted by molar-refractivity contribution is 8.00. The number of hydrogen-bond donors (Lipinski definition) is 1. The lowest BCUT2D eigenvalue weighted by atomic mass is 10.4. The lowest BCUT2D eigenvalue weighted by Gasteiger charge is -2.05. The molecular weight excluding hydrogens is 184 g/mol. The fourth-order valence-corrected chi connectivity index (χ4v) is 1.65. The number of carboxylic acid groups (broad SMARTS) is 1. The molecule has 0 amide bonds. The maximum absolute atomic E-state index is 10.6. The van der Waals surface area contributed by atoms with Gasteiger partial charge in [-0.1, -0.05) is 24.3 Å². The van der Waals surface area contributed by atoms with E-state index in [0.717, 1.165) is 4.90 Å². The summed E-state index contributed by atoms with van der Waals surface area (Å²) in [6.45, 7) is 3.48. The van der Waals surface area contributed by atoms with Crippen LogP contribution in [0.3, 0.4) is 0 Å². The quantitative estimate of drug-likeness (QED) is 0.590. The second kappa shape index (κ2) is 4.72. The number of rotatable bonds is 4. The van der Waals surface area contributed by atoms with Crippen molar-refractivity contribution >= 4 is 17.7 Å². The summed E-state index contributed by atoms with van der Waals surface area (Å²) in [5.41, 5.74) is 0. The molecule has 1 aromatic rings. The topological polar surface area (TPSA) is 37.3 Å². The predicted octanol–water partition coefficient (Wildman–Crippen LogP) is 2.42. The molecule has 0 aliphatic carbocycles. The van der Waals surface area contributed by atoms with E-state index >= 15 is 0 Å². The van der Waals surface area contributed by atoms with Gasteiger partial charge in [0.25, 0.3) is 0 Å². The minimum absolute atomic E-state index is 0.567. The summed E-state index contributed by atoms with van der Waals surface area (Å²) in [6, 6.07) is 9.41. The highest BCUT2D eigenvalue weighted by atomic mass is 32.2. The Kier molecular flexibility index (Phi) is 3.58. The molecule has 0 aliphatic heterocycles. The van der Waals surface area contributed by atoms with Crippen LogP contribution in [0.4, 0.5) is 0 Å². The van der Waals surface area contributed by atoms with Crippen LogP contribution in [0.15, 0.2) is 47.9 Å². The molecule has 0 fully saturated rings. The molecule has 13 heavy (non-hydrogen) atoms. The van der Waals surface area contributed by atoms with Gasteiger partial charge in [0.1, 0.15) is 5.25 Å². The first-order valence-electron chi connectivity index (χ1n) is 3.81. The first-order valence-corrected chi connectivity index (χ1v) is 4.69. The van der Waals surface area contributed by atoms with Crippen LogP contribution in [0.1, 0.15) is 0 Å². The molecule has 68 valence electrons. The predicted molar refractivity (Wildman–Crippen MR) is 53.9 cm³/mol. The van der Waals surface area contributed by atoms with Gasteiger partial charge in [0.05, 0.1) is 0 Å². The zero-order chi connectivity index (χ0) is 9.68. The minimum Gasteiger partial charge on any atom is -0.480 e. The van der Waals surface area contributed by atoms with Gasteiger partial charge in [-0.05, 0) is 12.1 Å². The maximum Gasteiger partial charge on any atom is 0.320 e. The van der Waals surface area contributed by atoms with Gasteiger partial charge in [0.2, 0.25) is 0 Å². The summed E-state index contributed by atoms with van der Waals surface area (Å²) in [6.07, 6.45) is 1.43. The van der Waals surface area contributed by atoms with Gasteiger partial charge in [0, 0.05) is 4.90 Å². The smallest absolute Gasteiger partial charge is 0.320 e. The van der Waals surface area contributed by atoms with Crippen LogP contribution >= 0.6 is 11.8 Å². The van der Waals surface area contributed by atoms with Gasteiger partial charge >= 0.3 is 5.97 Å². The fourth-order valence-electron chi connectivity index (χ4n) is 0.845. The standard InChI is InChI=1S/C10H10O2S/c1-2-9(10(11)12)13-8-6-4-3-5-7-8/h2-7,9H,1H2,(H,11,12). The first kappa shape index (κ1) is 9.86. The third kappa shape index (κ3) is 2.95. The summed E-state index contributed by atoms with van der Waals surface area (Å²) in [5, 5.41) is 8.18. The van der Waals surface area contributed by atoms with Crippen molar-refractivity contribution in [3.8, 4) is 0 Å². The van der Waals surface area contributed by atoms with E-state index in [2.05, 4.69) is 6.58 Å². The minimum atomic E-state index is -0.858. The average molecular weight is 194 g/mol. The molecule has 0 radical (unpaired) electrons. The molecule has 0 heterocycles. The van der Waals surface area contributed by atoms with E-state index in [1.54, 1.807) is 0 Å². The normalized spacial score (nSPS) is 12.0. The Hall–Kier alpha value is -1.22. The summed E-state index contributed by atoms with van der Waals surface area (Å²) < 4.78 is 0. The van der Waals surface area contributed by atoms with Crippen LogP contribution in [-0.4, -0.2) is 16.3 Å². The van der Waals surface area contributed by atoms with Crippen molar-refractivity contribution in [3.05, 3.63) is 43.0 Å². The van der Waals surface area contributed by atoms with Crippen LogP contribution in [0.25, 0.3) is 0 Å². The Bertz CT molecular complexity index is 295. The maximum atomic E-state index is 10.6. The molecule has 2 nitrogen and oxygen atoms in total. The molecule has 0 spiro atoms. The van der Waals surface area contributed by atoms with Gasteiger partial charge in [-0.2, -0.15) is 0 Å². The Morgan fingerprint density at radius 3 is 2.54 bits per heavy atom. The van der Waals surface area contributed by atoms with Crippen molar-refractivity contribution in [1.82, 2.24) is 0 Å². The van der Waals surface area contributed by atoms with Crippen molar-refractivity contribution in [3.63, 3.8) is 0 Å². The van der Waals surface area contributed by atoms with Crippen molar-refractivity contribution in [2.75, 3.05) is 0 Å². The van der Waals surface area contributed by atoms with Crippen LogP contribution in [0, 0.1) is 0 Å². The summed E-state index contributed by atoms with van der Waals surface area (Å²) in [7, 11) is 0. The zero-order valence-corrected chi connectivity index (χ0v) is 7.83. The molecule has 0 saturated heterocycles. The van der Waals surface area contributed by atoms with Crippen LogP contribution < -0.4 is 0 Å². The highest BCUT2D eigenvalue weighted by Crippen LogP contribution is 2.23.